The Morgan fingerprint density at radius 1 is 0.831 bits per heavy atom. The van der Waals surface area contributed by atoms with E-state index in [-0.39, 0.29) is 54.5 Å². The number of carbonyl (C=O) groups excluding carboxylic acids is 6. The molecule has 14 nitrogen and oxygen atoms in total. The quantitative estimate of drug-likeness (QED) is 0.170. The number of ether oxygens (including phenoxy) is 5. The van der Waals surface area contributed by atoms with Crippen LogP contribution < -0.4 is 0 Å². The first-order valence-corrected chi connectivity index (χ1v) is 23.8. The summed E-state index contributed by atoms with van der Waals surface area (Å²) < 4.78 is 29.2. The molecule has 4 rings (SSSR count). The molecule has 65 heavy (non-hydrogen) atoms. The van der Waals surface area contributed by atoms with Gasteiger partial charge >= 0.3 is 5.97 Å². The number of piperidine rings is 1. The number of aliphatic hydroxyl groups excluding tert-OH is 1. The molecule has 3 aliphatic heterocycles. The van der Waals surface area contributed by atoms with E-state index in [1.165, 1.54) is 19.1 Å². The number of allylic oxidation sites excluding steroid dienone is 6. The number of ketones is 4. The molecule has 2 bridgehead atoms. The van der Waals surface area contributed by atoms with E-state index in [1.54, 1.807) is 34.0 Å². The topological polar surface area (TPSA) is 192 Å². The fraction of sp³-hybridized carbons (Fsp3) is 0.725. The highest BCUT2D eigenvalue weighted by molar-refractivity contribution is 6.39. The van der Waals surface area contributed by atoms with Gasteiger partial charge in [-0.2, -0.15) is 0 Å². The summed E-state index contributed by atoms with van der Waals surface area (Å²) in [6, 6.07) is -1.15. The van der Waals surface area contributed by atoms with E-state index >= 15 is 0 Å². The molecular weight excluding hydrogens is 835 g/mol. The van der Waals surface area contributed by atoms with Gasteiger partial charge in [0.25, 0.3) is 11.7 Å². The van der Waals surface area contributed by atoms with Crippen molar-refractivity contribution in [3.63, 3.8) is 0 Å². The second-order valence-corrected chi connectivity index (χ2v) is 19.4. The number of esters is 1. The third kappa shape index (κ3) is 14.2. The summed E-state index contributed by atoms with van der Waals surface area (Å²) in [7, 11) is 4.45. The molecule has 3 heterocycles. The van der Waals surface area contributed by atoms with E-state index in [0.29, 0.717) is 69.8 Å². The van der Waals surface area contributed by atoms with Gasteiger partial charge in [-0.3, -0.25) is 24.0 Å². The monoisotopic (exact) mass is 912 g/mol. The van der Waals surface area contributed by atoms with Gasteiger partial charge in [0, 0.05) is 64.9 Å². The van der Waals surface area contributed by atoms with Crippen molar-refractivity contribution in [1.29, 1.82) is 0 Å². The van der Waals surface area contributed by atoms with Crippen LogP contribution >= 0.6 is 0 Å². The van der Waals surface area contributed by atoms with Crippen molar-refractivity contribution in [2.75, 3.05) is 27.9 Å². The molecule has 2 saturated heterocycles. The predicted molar refractivity (Wildman–Crippen MR) is 244 cm³/mol. The van der Waals surface area contributed by atoms with Gasteiger partial charge < -0.3 is 38.8 Å². The average Bonchev–Trinajstić information content (AvgIpc) is 3.28. The van der Waals surface area contributed by atoms with E-state index in [2.05, 4.69) is 0 Å². The van der Waals surface area contributed by atoms with Crippen LogP contribution in [-0.2, 0) is 52.5 Å². The Kier molecular flexibility index (Phi) is 20.7. The normalized spacial score (nSPS) is 39.3. The summed E-state index contributed by atoms with van der Waals surface area (Å²) >= 11 is 0. The summed E-state index contributed by atoms with van der Waals surface area (Å²) in [6.07, 6.45) is 11.0. The van der Waals surface area contributed by atoms with Gasteiger partial charge in [0.05, 0.1) is 12.2 Å². The molecular formula is C51H77NO13. The minimum atomic E-state index is -2.43. The van der Waals surface area contributed by atoms with Gasteiger partial charge in [-0.15, -0.1) is 0 Å². The molecule has 0 aromatic carbocycles. The van der Waals surface area contributed by atoms with E-state index in [4.69, 9.17) is 23.7 Å². The Morgan fingerprint density at radius 3 is 2.22 bits per heavy atom. The van der Waals surface area contributed by atoms with Crippen LogP contribution in [-0.4, -0.2) is 126 Å². The summed E-state index contributed by atoms with van der Waals surface area (Å²) in [5.41, 5.74) is 1.25. The average molecular weight is 912 g/mol. The number of amides is 1. The lowest BCUT2D eigenvalue weighted by molar-refractivity contribution is -0.265. The van der Waals surface area contributed by atoms with Crippen molar-refractivity contribution >= 4 is 35.0 Å². The first kappa shape index (κ1) is 54.0. The molecule has 1 saturated carbocycles. The molecule has 2 N–H and O–H groups in total. The molecule has 3 fully saturated rings. The highest BCUT2D eigenvalue weighted by Gasteiger charge is 2.53. The summed E-state index contributed by atoms with van der Waals surface area (Å²) in [5, 5.41) is 23.3. The highest BCUT2D eigenvalue weighted by atomic mass is 16.6. The molecule has 0 aromatic heterocycles. The van der Waals surface area contributed by atoms with E-state index in [0.717, 1.165) is 5.57 Å². The Hall–Kier alpha value is -3.66. The summed E-state index contributed by atoms with van der Waals surface area (Å²) in [4.78, 5) is 84.2. The van der Waals surface area contributed by atoms with Crippen LogP contribution in [0.1, 0.15) is 126 Å². The first-order chi connectivity index (χ1) is 30.7. The molecule has 14 atom stereocenters. The zero-order valence-corrected chi connectivity index (χ0v) is 40.5. The third-order valence-electron chi connectivity index (χ3n) is 14.3. The maximum atomic E-state index is 14.3. The standard InChI is InChI=1S/C51H77NO13/c1-30-16-12-11-13-17-31(2)42(61-8)28-38-21-19-36(7)51(60,65-38)48(57)49(58)52-23-15-14-18-39(52)50(59)64-43(33(4)26-37-20-22-40(53)44(27-37)62-9)29-41(54)32(3)25-35(6)46(56)47(63-10)45(55)34(5)24-30/h11-13,16-17,25,30,32-34,36-39,42-44,46-47,56,60H,14-15,18-24,26-29H2,1-10H3/b13-11+,16-12-,31-17+,35-25+/t30-,32-,33-,34-,36-,37+,38+,39+,42+,43+,44-,46-,47+,51-/m1/s1. The Morgan fingerprint density at radius 2 is 1.54 bits per heavy atom. The van der Waals surface area contributed by atoms with Crippen molar-refractivity contribution in [1.82, 2.24) is 4.90 Å². The molecule has 14 heteroatoms. The number of fused-ring (bicyclic) bond motifs is 3. The maximum Gasteiger partial charge on any atom is 0.329 e. The van der Waals surface area contributed by atoms with Gasteiger partial charge in [0.2, 0.25) is 5.79 Å². The largest absolute Gasteiger partial charge is 0.460 e. The van der Waals surface area contributed by atoms with Crippen LogP contribution in [0.15, 0.2) is 47.6 Å². The van der Waals surface area contributed by atoms with Crippen LogP contribution in [0.3, 0.4) is 0 Å². The van der Waals surface area contributed by atoms with Crippen LogP contribution in [0.5, 0.6) is 0 Å². The number of aliphatic hydroxyl groups is 2. The number of hydrogen-bond donors (Lipinski definition) is 2. The molecule has 364 valence electrons. The second kappa shape index (κ2) is 24.9. The molecule has 0 radical (unpaired) electrons. The number of Topliss-reactive ketones (excluding diaryl/α,β-unsaturated/α-hetero) is 4. The van der Waals surface area contributed by atoms with Crippen LogP contribution in [0, 0.1) is 35.5 Å². The number of hydrogen-bond acceptors (Lipinski definition) is 13. The van der Waals surface area contributed by atoms with Crippen molar-refractivity contribution in [3.8, 4) is 0 Å². The number of cyclic esters (lactones) is 1. The number of rotatable bonds is 6. The van der Waals surface area contributed by atoms with Crippen LogP contribution in [0.2, 0.25) is 0 Å². The molecule has 0 spiro atoms. The third-order valence-corrected chi connectivity index (χ3v) is 14.3. The maximum absolute atomic E-state index is 14.3. The smallest absolute Gasteiger partial charge is 0.329 e. The SMILES string of the molecule is CO[C@H]1C[C@@H]2CC[C@@H](C)[C@@](O)(O2)C(=O)C(=O)N2CCCC[C@H]2C(=O)O[C@H]([C@H](C)C[C@@H]2CCC(=O)[C@H](OC)C2)CC(=O)[C@H](C)/C=C(\C)[C@@H](O)[C@@H](OC)C(=O)[C@H](C)C[C@H](C)\C=C/C=C/C=C/1C. The lowest BCUT2D eigenvalue weighted by Gasteiger charge is -2.42. The zero-order chi connectivity index (χ0) is 48.2. The fourth-order valence-electron chi connectivity index (χ4n) is 9.95. The van der Waals surface area contributed by atoms with Crippen molar-refractivity contribution in [2.45, 2.75) is 174 Å². The highest BCUT2D eigenvalue weighted by Crippen LogP contribution is 2.37. The Labute approximate surface area is 386 Å². The molecule has 1 aliphatic carbocycles. The minimum absolute atomic E-state index is 0.0155. The molecule has 4 aliphatic rings. The van der Waals surface area contributed by atoms with Crippen molar-refractivity contribution < 1.29 is 62.7 Å². The van der Waals surface area contributed by atoms with E-state index < -0.39 is 83.9 Å². The van der Waals surface area contributed by atoms with Crippen molar-refractivity contribution in [3.05, 3.63) is 47.6 Å². The Balaban J connectivity index is 1.70. The van der Waals surface area contributed by atoms with Crippen LogP contribution in [0.4, 0.5) is 0 Å². The van der Waals surface area contributed by atoms with Gasteiger partial charge in [-0.1, -0.05) is 71.1 Å². The zero-order valence-electron chi connectivity index (χ0n) is 40.5. The fourth-order valence-corrected chi connectivity index (χ4v) is 9.95. The van der Waals surface area contributed by atoms with E-state index in [9.17, 15) is 39.0 Å². The minimum Gasteiger partial charge on any atom is -0.460 e. The number of methoxy groups -OCH3 is 3. The lowest BCUT2D eigenvalue weighted by Crippen LogP contribution is -2.61. The molecule has 1 amide bonds. The predicted octanol–water partition coefficient (Wildman–Crippen LogP) is 6.39. The van der Waals surface area contributed by atoms with Gasteiger partial charge in [-0.25, -0.2) is 4.79 Å². The Bertz CT molecular complexity index is 1800. The second-order valence-electron chi connectivity index (χ2n) is 19.4. The number of nitrogens with zero attached hydrogens (tertiary/aromatic N) is 1. The lowest BCUT2D eigenvalue weighted by atomic mass is 9.79. The summed E-state index contributed by atoms with van der Waals surface area (Å²) in [6.45, 7) is 12.7. The number of carbonyl (C=O) groups is 6. The summed E-state index contributed by atoms with van der Waals surface area (Å²) in [5.74, 6) is -8.09. The molecule has 0 unspecified atom stereocenters. The van der Waals surface area contributed by atoms with Gasteiger partial charge in [-0.05, 0) is 101 Å². The van der Waals surface area contributed by atoms with E-state index in [1.807, 2.05) is 58.1 Å². The first-order valence-electron chi connectivity index (χ1n) is 23.8. The molecule has 0 aromatic rings. The van der Waals surface area contributed by atoms with Gasteiger partial charge in [0.1, 0.15) is 36.2 Å². The van der Waals surface area contributed by atoms with Crippen LogP contribution in [0.25, 0.3) is 0 Å². The van der Waals surface area contributed by atoms with Gasteiger partial charge in [0.15, 0.2) is 11.6 Å². The van der Waals surface area contributed by atoms with Crippen molar-refractivity contribution in [2.24, 2.45) is 35.5 Å².